The van der Waals surface area contributed by atoms with Crippen LogP contribution in [0, 0.1) is 5.92 Å². The Kier molecular flexibility index (Phi) is 5.49. The van der Waals surface area contributed by atoms with Crippen LogP contribution in [-0.2, 0) is 21.4 Å². The van der Waals surface area contributed by atoms with Crippen molar-refractivity contribution in [3.05, 3.63) is 12.5 Å². The van der Waals surface area contributed by atoms with Gasteiger partial charge < -0.3 is 9.67 Å². The molecule has 0 aliphatic carbocycles. The van der Waals surface area contributed by atoms with Crippen LogP contribution in [0.3, 0.4) is 0 Å². The van der Waals surface area contributed by atoms with Gasteiger partial charge in [-0.3, -0.25) is 4.79 Å². The lowest BCUT2D eigenvalue weighted by molar-refractivity contribution is -0.137. The molecule has 0 bridgehead atoms. The molecule has 0 saturated heterocycles. The number of aliphatic carboxylic acids is 1. The van der Waals surface area contributed by atoms with Crippen molar-refractivity contribution in [1.82, 2.24) is 14.3 Å². The molecule has 0 amide bonds. The molecular formula is C11H19N3O4S. The predicted octanol–water partition coefficient (Wildman–Crippen LogP) is 0.682. The van der Waals surface area contributed by atoms with Crippen LogP contribution < -0.4 is 4.72 Å². The Bertz CT molecular complexity index is 524. The number of nitrogens with one attached hydrogen (secondary N) is 1. The highest BCUT2D eigenvalue weighted by Crippen LogP contribution is 2.08. The average molecular weight is 289 g/mol. The number of hydrogen-bond donors (Lipinski definition) is 2. The number of aryl methyl sites for hydroxylation is 1. The van der Waals surface area contributed by atoms with Gasteiger partial charge in [0.25, 0.3) is 10.0 Å². The summed E-state index contributed by atoms with van der Waals surface area (Å²) in [7, 11) is -3.61. The second kappa shape index (κ2) is 6.67. The van der Waals surface area contributed by atoms with E-state index in [1.807, 2.05) is 6.92 Å². The molecule has 1 aromatic rings. The summed E-state index contributed by atoms with van der Waals surface area (Å²) in [5.74, 6) is -0.921. The third-order valence-electron chi connectivity index (χ3n) is 2.72. The van der Waals surface area contributed by atoms with E-state index in [0.717, 1.165) is 0 Å². The maximum absolute atomic E-state index is 11.9. The van der Waals surface area contributed by atoms with Gasteiger partial charge in [-0.15, -0.1) is 0 Å². The van der Waals surface area contributed by atoms with E-state index in [4.69, 9.17) is 5.11 Å². The number of hydrogen-bond acceptors (Lipinski definition) is 4. The summed E-state index contributed by atoms with van der Waals surface area (Å²) >= 11 is 0. The molecule has 19 heavy (non-hydrogen) atoms. The number of sulfonamides is 1. The first-order valence-corrected chi connectivity index (χ1v) is 7.56. The van der Waals surface area contributed by atoms with Gasteiger partial charge in [0.15, 0.2) is 5.03 Å². The smallest absolute Gasteiger partial charge is 0.303 e. The van der Waals surface area contributed by atoms with Crippen LogP contribution in [0.5, 0.6) is 0 Å². The van der Waals surface area contributed by atoms with E-state index in [9.17, 15) is 13.2 Å². The van der Waals surface area contributed by atoms with E-state index >= 15 is 0 Å². The Morgan fingerprint density at radius 1 is 1.58 bits per heavy atom. The number of aromatic nitrogens is 2. The van der Waals surface area contributed by atoms with Crippen molar-refractivity contribution in [2.24, 2.45) is 5.92 Å². The fraction of sp³-hybridized carbons (Fsp3) is 0.636. The van der Waals surface area contributed by atoms with Crippen LogP contribution in [0.15, 0.2) is 17.6 Å². The summed E-state index contributed by atoms with van der Waals surface area (Å²) in [4.78, 5) is 14.2. The molecule has 1 rings (SSSR count). The number of carbonyl (C=O) groups is 1. The number of nitrogens with zero attached hydrogens (tertiary/aromatic N) is 2. The highest BCUT2D eigenvalue weighted by molar-refractivity contribution is 7.89. The molecule has 0 fully saturated rings. The molecule has 0 saturated carbocycles. The molecule has 1 atom stereocenters. The molecule has 0 spiro atoms. The van der Waals surface area contributed by atoms with Crippen LogP contribution in [0.25, 0.3) is 0 Å². The van der Waals surface area contributed by atoms with Crippen molar-refractivity contribution in [1.29, 1.82) is 0 Å². The maximum atomic E-state index is 11.9. The Hall–Kier alpha value is -1.41. The van der Waals surface area contributed by atoms with Crippen molar-refractivity contribution in [2.75, 3.05) is 6.54 Å². The Balaban J connectivity index is 2.53. The van der Waals surface area contributed by atoms with Gasteiger partial charge >= 0.3 is 5.97 Å². The van der Waals surface area contributed by atoms with Crippen molar-refractivity contribution in [3.8, 4) is 0 Å². The lowest BCUT2D eigenvalue weighted by Crippen LogP contribution is -2.29. The maximum Gasteiger partial charge on any atom is 0.303 e. The van der Waals surface area contributed by atoms with Gasteiger partial charge in [-0.25, -0.2) is 18.1 Å². The summed E-state index contributed by atoms with van der Waals surface area (Å²) in [6, 6.07) is 0. The van der Waals surface area contributed by atoms with Gasteiger partial charge in [-0.1, -0.05) is 6.92 Å². The van der Waals surface area contributed by atoms with E-state index in [2.05, 4.69) is 9.71 Å². The largest absolute Gasteiger partial charge is 0.481 e. The molecule has 0 aliphatic heterocycles. The SMILES string of the molecule is CCn1cnc(S(=O)(=O)NCC(C)CCC(=O)O)c1. The highest BCUT2D eigenvalue weighted by Gasteiger charge is 2.18. The first kappa shape index (κ1) is 15.6. The summed E-state index contributed by atoms with van der Waals surface area (Å²) < 4.78 is 27.9. The minimum Gasteiger partial charge on any atom is -0.481 e. The van der Waals surface area contributed by atoms with Crippen molar-refractivity contribution in [3.63, 3.8) is 0 Å². The van der Waals surface area contributed by atoms with E-state index in [-0.39, 0.29) is 23.9 Å². The van der Waals surface area contributed by atoms with E-state index in [1.54, 1.807) is 11.5 Å². The summed E-state index contributed by atoms with van der Waals surface area (Å²) in [5, 5.41) is 8.53. The normalized spacial score (nSPS) is 13.4. The minimum atomic E-state index is -3.61. The van der Waals surface area contributed by atoms with Gasteiger partial charge in [-0.2, -0.15) is 0 Å². The number of carboxylic acids is 1. The molecule has 8 heteroatoms. The number of rotatable bonds is 8. The van der Waals surface area contributed by atoms with Crippen LogP contribution in [0.4, 0.5) is 0 Å². The monoisotopic (exact) mass is 289 g/mol. The average Bonchev–Trinajstić information content (AvgIpc) is 2.83. The molecule has 1 unspecified atom stereocenters. The minimum absolute atomic E-state index is 0.0141. The fourth-order valence-corrected chi connectivity index (χ4v) is 2.56. The summed E-state index contributed by atoms with van der Waals surface area (Å²) in [5.41, 5.74) is 0. The van der Waals surface area contributed by atoms with Crippen molar-refractivity contribution < 1.29 is 18.3 Å². The highest BCUT2D eigenvalue weighted by atomic mass is 32.2. The second-order valence-corrected chi connectivity index (χ2v) is 6.15. The second-order valence-electron chi connectivity index (χ2n) is 4.43. The molecule has 7 nitrogen and oxygen atoms in total. The van der Waals surface area contributed by atoms with Crippen molar-refractivity contribution in [2.45, 2.75) is 38.3 Å². The van der Waals surface area contributed by atoms with Crippen LogP contribution in [0.2, 0.25) is 0 Å². The summed E-state index contributed by atoms with van der Waals surface area (Å²) in [6.45, 7) is 4.54. The van der Waals surface area contributed by atoms with Gasteiger partial charge in [-0.05, 0) is 19.3 Å². The quantitative estimate of drug-likeness (QED) is 0.733. The van der Waals surface area contributed by atoms with E-state index in [1.165, 1.54) is 12.5 Å². The fourth-order valence-electron chi connectivity index (χ4n) is 1.45. The molecule has 1 heterocycles. The van der Waals surface area contributed by atoms with Crippen LogP contribution in [0.1, 0.15) is 26.7 Å². The first-order valence-electron chi connectivity index (χ1n) is 6.08. The van der Waals surface area contributed by atoms with Gasteiger partial charge in [0, 0.05) is 25.7 Å². The van der Waals surface area contributed by atoms with E-state index < -0.39 is 16.0 Å². The topological polar surface area (TPSA) is 101 Å². The predicted molar refractivity (Wildman–Crippen MR) is 69.1 cm³/mol. The zero-order valence-electron chi connectivity index (χ0n) is 11.0. The lowest BCUT2D eigenvalue weighted by atomic mass is 10.1. The molecular weight excluding hydrogens is 270 g/mol. The Labute approximate surface area is 112 Å². The van der Waals surface area contributed by atoms with Crippen molar-refractivity contribution >= 4 is 16.0 Å². The zero-order valence-corrected chi connectivity index (χ0v) is 11.9. The molecule has 2 N–H and O–H groups in total. The summed E-state index contributed by atoms with van der Waals surface area (Å²) in [6.07, 6.45) is 3.39. The molecule has 108 valence electrons. The molecule has 1 aromatic heterocycles. The van der Waals surface area contributed by atoms with Gasteiger partial charge in [0.2, 0.25) is 0 Å². The van der Waals surface area contributed by atoms with Gasteiger partial charge in [0.05, 0.1) is 6.33 Å². The van der Waals surface area contributed by atoms with Gasteiger partial charge in [0.1, 0.15) is 0 Å². The Morgan fingerprint density at radius 2 is 2.26 bits per heavy atom. The Morgan fingerprint density at radius 3 is 2.79 bits per heavy atom. The third kappa shape index (κ3) is 4.99. The van der Waals surface area contributed by atoms with Crippen LogP contribution in [-0.4, -0.2) is 35.6 Å². The number of imidazole rings is 1. The van der Waals surface area contributed by atoms with E-state index in [0.29, 0.717) is 13.0 Å². The third-order valence-corrected chi connectivity index (χ3v) is 4.03. The lowest BCUT2D eigenvalue weighted by Gasteiger charge is -2.10. The van der Waals surface area contributed by atoms with Crippen LogP contribution >= 0.6 is 0 Å². The number of carboxylic acid groups (broad SMARTS) is 1. The standard InChI is InChI=1S/C11H19N3O4S/c1-3-14-7-10(12-8-14)19(17,18)13-6-9(2)4-5-11(15)16/h7-9,13H,3-6H2,1-2H3,(H,15,16). The molecule has 0 radical (unpaired) electrons. The molecule has 0 aromatic carbocycles. The first-order chi connectivity index (χ1) is 8.85. The molecule has 0 aliphatic rings. The zero-order chi connectivity index (χ0) is 14.5.